The summed E-state index contributed by atoms with van der Waals surface area (Å²) in [5.41, 5.74) is -0.467. The van der Waals surface area contributed by atoms with Crippen LogP contribution in [0.15, 0.2) is 17.4 Å². The fourth-order valence-corrected chi connectivity index (χ4v) is 2.98. The van der Waals surface area contributed by atoms with E-state index < -0.39 is 44.5 Å². The number of phosphoric ester groups is 1. The van der Waals surface area contributed by atoms with Crippen LogP contribution in [0.1, 0.15) is 6.23 Å². The van der Waals surface area contributed by atoms with Crippen molar-refractivity contribution in [3.8, 4) is 0 Å². The molecule has 15 heteroatoms. The van der Waals surface area contributed by atoms with Gasteiger partial charge in [-0.15, -0.1) is 0 Å². The fourth-order valence-electron chi connectivity index (χ4n) is 2.42. The van der Waals surface area contributed by atoms with Gasteiger partial charge in [-0.25, -0.2) is 9.97 Å². The van der Waals surface area contributed by atoms with Gasteiger partial charge in [0.25, 0.3) is 5.56 Å². The van der Waals surface area contributed by atoms with Gasteiger partial charge in [0.2, 0.25) is 0 Å². The fraction of sp³-hybridized carbons (Fsp3) is 0.500. The SMILES string of the molecule is O=c1[nH]cnc2c1ncn2[C@@H]1O[C@H](CO)[C@@H](OP(=O)([O-])[O-])[C@H]1O.[Na+].[Na+]. The molecule has 2 aromatic rings. The van der Waals surface area contributed by atoms with Gasteiger partial charge in [-0.1, -0.05) is 0 Å². The van der Waals surface area contributed by atoms with Gasteiger partial charge in [-0.05, 0) is 0 Å². The number of aromatic amines is 1. The Morgan fingerprint density at radius 1 is 1.40 bits per heavy atom. The molecule has 0 amide bonds. The summed E-state index contributed by atoms with van der Waals surface area (Å²) in [6.45, 7) is -0.696. The Balaban J connectivity index is 0.00000156. The van der Waals surface area contributed by atoms with Gasteiger partial charge >= 0.3 is 59.1 Å². The second-order valence-corrected chi connectivity index (χ2v) is 5.92. The number of aliphatic hydroxyl groups excluding tert-OH is 2. The maximum atomic E-state index is 11.6. The van der Waals surface area contributed by atoms with Gasteiger partial charge in [-0.3, -0.25) is 9.36 Å². The van der Waals surface area contributed by atoms with Gasteiger partial charge in [0.1, 0.15) is 18.3 Å². The first-order valence-corrected chi connectivity index (χ1v) is 7.83. The molecule has 3 N–H and O–H groups in total. The molecular weight excluding hydrogens is 381 g/mol. The number of aliphatic hydroxyl groups is 2. The molecule has 0 aliphatic carbocycles. The Bertz CT molecular complexity index is 825. The first kappa shape index (κ1) is 23.4. The second kappa shape index (κ2) is 9.02. The molecule has 0 bridgehead atoms. The molecule has 0 spiro atoms. The van der Waals surface area contributed by atoms with E-state index in [0.29, 0.717) is 0 Å². The quantitative estimate of drug-likeness (QED) is 0.333. The minimum Gasteiger partial charge on any atom is -0.790 e. The van der Waals surface area contributed by atoms with Gasteiger partial charge in [0.15, 0.2) is 17.4 Å². The van der Waals surface area contributed by atoms with Crippen molar-refractivity contribution in [2.45, 2.75) is 24.5 Å². The van der Waals surface area contributed by atoms with Crippen molar-refractivity contribution in [3.63, 3.8) is 0 Å². The van der Waals surface area contributed by atoms with Crippen molar-refractivity contribution >= 4 is 19.0 Å². The number of hydrogen-bond acceptors (Lipinski definition) is 10. The van der Waals surface area contributed by atoms with E-state index in [0.717, 1.165) is 12.7 Å². The molecule has 1 saturated heterocycles. The summed E-state index contributed by atoms with van der Waals surface area (Å²) in [6, 6.07) is 0. The van der Waals surface area contributed by atoms with Crippen LogP contribution in [0.2, 0.25) is 0 Å². The third-order valence-corrected chi connectivity index (χ3v) is 3.88. The number of hydrogen-bond donors (Lipinski definition) is 3. The average Bonchev–Trinajstić information content (AvgIpc) is 3.01. The Morgan fingerprint density at radius 3 is 2.68 bits per heavy atom. The largest absolute Gasteiger partial charge is 1.00 e. The number of rotatable bonds is 4. The molecule has 0 unspecified atom stereocenters. The summed E-state index contributed by atoms with van der Waals surface area (Å²) < 4.78 is 21.5. The molecule has 126 valence electrons. The van der Waals surface area contributed by atoms with Crippen LogP contribution in [-0.2, 0) is 13.8 Å². The number of nitrogens with one attached hydrogen (secondary N) is 1. The van der Waals surface area contributed by atoms with Gasteiger partial charge in [0, 0.05) is 0 Å². The Labute approximate surface area is 184 Å². The molecule has 1 fully saturated rings. The predicted octanol–water partition coefficient (Wildman–Crippen LogP) is -9.41. The van der Waals surface area contributed by atoms with Crippen LogP contribution in [0.5, 0.6) is 0 Å². The summed E-state index contributed by atoms with van der Waals surface area (Å²) >= 11 is 0. The first-order chi connectivity index (χ1) is 10.8. The van der Waals surface area contributed by atoms with E-state index in [9.17, 15) is 29.4 Å². The Hall–Kier alpha value is 0.340. The van der Waals surface area contributed by atoms with Crippen LogP contribution in [0, 0.1) is 0 Å². The first-order valence-electron chi connectivity index (χ1n) is 6.37. The van der Waals surface area contributed by atoms with E-state index in [1.54, 1.807) is 0 Å². The maximum Gasteiger partial charge on any atom is 1.00 e. The molecule has 1 aliphatic heterocycles. The number of ether oxygens (including phenoxy) is 1. The zero-order chi connectivity index (χ0) is 16.8. The normalized spacial score (nSPS) is 26.2. The number of phosphoric acid groups is 1. The molecule has 0 aromatic carbocycles. The van der Waals surface area contributed by atoms with E-state index in [1.165, 1.54) is 4.57 Å². The van der Waals surface area contributed by atoms with Crippen LogP contribution in [0.25, 0.3) is 11.2 Å². The van der Waals surface area contributed by atoms with Crippen molar-refractivity contribution in [1.29, 1.82) is 0 Å². The summed E-state index contributed by atoms with van der Waals surface area (Å²) in [5.74, 6) is 0. The van der Waals surface area contributed by atoms with Gasteiger partial charge < -0.3 is 38.8 Å². The molecule has 0 radical (unpaired) electrons. The number of fused-ring (bicyclic) bond motifs is 1. The van der Waals surface area contributed by atoms with Crippen molar-refractivity contribution < 1.29 is 92.9 Å². The van der Waals surface area contributed by atoms with Crippen LogP contribution >= 0.6 is 7.82 Å². The minimum absolute atomic E-state index is 0. The topological polar surface area (TPSA) is 186 Å². The molecule has 0 saturated carbocycles. The third-order valence-electron chi connectivity index (χ3n) is 3.38. The predicted molar refractivity (Wildman–Crippen MR) is 67.6 cm³/mol. The minimum atomic E-state index is -5.41. The molecule has 3 heterocycles. The summed E-state index contributed by atoms with van der Waals surface area (Å²) in [7, 11) is -5.41. The van der Waals surface area contributed by atoms with Gasteiger partial charge in [-0.2, -0.15) is 0 Å². The van der Waals surface area contributed by atoms with Crippen molar-refractivity contribution in [1.82, 2.24) is 19.5 Å². The van der Waals surface area contributed by atoms with Gasteiger partial charge in [0.05, 0.1) is 27.1 Å². The number of nitrogens with zero attached hydrogens (tertiary/aromatic N) is 3. The van der Waals surface area contributed by atoms with Crippen LogP contribution in [-0.4, -0.2) is 54.7 Å². The van der Waals surface area contributed by atoms with Crippen LogP contribution < -0.4 is 74.5 Å². The maximum absolute atomic E-state index is 11.6. The Kier molecular flexibility index (Phi) is 8.44. The Morgan fingerprint density at radius 2 is 2.08 bits per heavy atom. The van der Waals surface area contributed by atoms with E-state index in [1.807, 2.05) is 0 Å². The zero-order valence-corrected chi connectivity index (χ0v) is 18.2. The van der Waals surface area contributed by atoms with E-state index in [4.69, 9.17) is 4.74 Å². The second-order valence-electron chi connectivity index (χ2n) is 4.81. The molecule has 1 aliphatic rings. The number of imidazole rings is 1. The standard InChI is InChI=1S/C10H13N4O8P.2Na/c15-1-4-7(22-23(18,19)20)6(16)10(21-4)14-3-13-5-8(14)11-2-12-9(5)17;;/h2-4,6-7,10,15-16H,1H2,(H,11,12,17)(H2,18,19,20);;/q;2*+1/p-2/t4-,6-,7-,10-;;/m1../s1. The van der Waals surface area contributed by atoms with E-state index in [-0.39, 0.29) is 70.3 Å². The molecule has 25 heavy (non-hydrogen) atoms. The average molecular weight is 392 g/mol. The monoisotopic (exact) mass is 392 g/mol. The van der Waals surface area contributed by atoms with E-state index in [2.05, 4.69) is 19.5 Å². The number of aromatic nitrogens is 4. The van der Waals surface area contributed by atoms with Crippen molar-refractivity contribution in [2.24, 2.45) is 0 Å². The molecule has 12 nitrogen and oxygen atoms in total. The smallest absolute Gasteiger partial charge is 0.790 e. The van der Waals surface area contributed by atoms with E-state index >= 15 is 0 Å². The third kappa shape index (κ3) is 4.79. The van der Waals surface area contributed by atoms with Crippen LogP contribution in [0.4, 0.5) is 0 Å². The molecule has 3 rings (SSSR count). The summed E-state index contributed by atoms with van der Waals surface area (Å²) in [4.78, 5) is 43.2. The van der Waals surface area contributed by atoms with Crippen molar-refractivity contribution in [3.05, 3.63) is 23.0 Å². The van der Waals surface area contributed by atoms with Crippen molar-refractivity contribution in [2.75, 3.05) is 6.61 Å². The zero-order valence-electron chi connectivity index (χ0n) is 13.3. The van der Waals surface area contributed by atoms with Crippen LogP contribution in [0.3, 0.4) is 0 Å². The number of H-pyrrole nitrogens is 1. The molecular formula is C10H11N4Na2O8P. The summed E-state index contributed by atoms with van der Waals surface area (Å²) in [6.07, 6.45) is -3.43. The molecule has 2 aromatic heterocycles. The summed E-state index contributed by atoms with van der Waals surface area (Å²) in [5, 5.41) is 19.4. The molecule has 4 atom stereocenters.